The van der Waals surface area contributed by atoms with Crippen molar-refractivity contribution in [2.45, 2.75) is 42.2 Å². The number of urea groups is 1. The molecule has 1 aromatic rings. The van der Waals surface area contributed by atoms with Gasteiger partial charge in [-0.05, 0) is 49.9 Å². The Morgan fingerprint density at radius 3 is 2.32 bits per heavy atom. The van der Waals surface area contributed by atoms with Crippen molar-refractivity contribution in [3.63, 3.8) is 0 Å². The van der Waals surface area contributed by atoms with Crippen LogP contribution in [0, 0.1) is 5.82 Å². The molecule has 7 nitrogen and oxygen atoms in total. The molecule has 0 aliphatic carbocycles. The van der Waals surface area contributed by atoms with Crippen LogP contribution in [-0.4, -0.2) is 80.0 Å². The minimum atomic E-state index is -3.65. The van der Waals surface area contributed by atoms with Gasteiger partial charge in [-0.15, -0.1) is 0 Å². The monoisotopic (exact) mass is 411 g/mol. The van der Waals surface area contributed by atoms with Crippen LogP contribution in [0.1, 0.15) is 25.7 Å². The molecular formula is C19H26FN3O4S. The van der Waals surface area contributed by atoms with E-state index in [1.54, 1.807) is 4.90 Å². The van der Waals surface area contributed by atoms with Gasteiger partial charge in [-0.1, -0.05) is 0 Å². The largest absolute Gasteiger partial charge is 0.381 e. The number of rotatable bonds is 3. The molecule has 3 heterocycles. The number of carbonyl (C=O) groups excluding carboxylic acids is 1. The molecule has 2 amide bonds. The molecule has 154 valence electrons. The van der Waals surface area contributed by atoms with Gasteiger partial charge >= 0.3 is 6.03 Å². The molecule has 3 fully saturated rings. The van der Waals surface area contributed by atoms with Gasteiger partial charge in [0.1, 0.15) is 5.82 Å². The molecule has 1 spiro atoms. The first kappa shape index (κ1) is 19.6. The zero-order valence-corrected chi connectivity index (χ0v) is 16.8. The van der Waals surface area contributed by atoms with Gasteiger partial charge in [-0.25, -0.2) is 17.6 Å². The summed E-state index contributed by atoms with van der Waals surface area (Å²) in [5, 5.41) is 0. The molecule has 3 aliphatic heterocycles. The van der Waals surface area contributed by atoms with Crippen LogP contribution in [-0.2, 0) is 14.8 Å². The highest BCUT2D eigenvalue weighted by atomic mass is 32.2. The lowest BCUT2D eigenvalue weighted by Gasteiger charge is -2.46. The smallest absolute Gasteiger partial charge is 0.320 e. The molecule has 9 heteroatoms. The number of benzene rings is 1. The predicted octanol–water partition coefficient (Wildman–Crippen LogP) is 1.90. The lowest BCUT2D eigenvalue weighted by molar-refractivity contribution is -0.0129. The minimum Gasteiger partial charge on any atom is -0.381 e. The maximum absolute atomic E-state index is 13.1. The fourth-order valence-electron chi connectivity index (χ4n) is 4.76. The summed E-state index contributed by atoms with van der Waals surface area (Å²) in [5.74, 6) is -0.462. The topological polar surface area (TPSA) is 70.2 Å². The van der Waals surface area contributed by atoms with Gasteiger partial charge in [0.2, 0.25) is 10.0 Å². The van der Waals surface area contributed by atoms with E-state index >= 15 is 0 Å². The molecule has 1 aromatic carbocycles. The first-order valence-electron chi connectivity index (χ1n) is 9.71. The maximum Gasteiger partial charge on any atom is 0.320 e. The number of likely N-dealkylation sites (N-methyl/N-ethyl adjacent to an activating group) is 1. The van der Waals surface area contributed by atoms with E-state index in [9.17, 15) is 17.6 Å². The molecule has 0 N–H and O–H groups in total. The van der Waals surface area contributed by atoms with Crippen molar-refractivity contribution >= 4 is 16.1 Å². The van der Waals surface area contributed by atoms with Crippen LogP contribution in [0.3, 0.4) is 0 Å². The van der Waals surface area contributed by atoms with Gasteiger partial charge < -0.3 is 14.5 Å². The fourth-order valence-corrected chi connectivity index (χ4v) is 6.23. The summed E-state index contributed by atoms with van der Waals surface area (Å²) < 4.78 is 45.7. The van der Waals surface area contributed by atoms with Crippen LogP contribution in [0.25, 0.3) is 0 Å². The van der Waals surface area contributed by atoms with Crippen LogP contribution >= 0.6 is 0 Å². The summed E-state index contributed by atoms with van der Waals surface area (Å²) in [6, 6.07) is 4.97. The zero-order chi connectivity index (χ0) is 19.9. The molecule has 3 saturated heterocycles. The van der Waals surface area contributed by atoms with E-state index in [1.807, 2.05) is 11.9 Å². The first-order chi connectivity index (χ1) is 13.3. The van der Waals surface area contributed by atoms with E-state index in [0.29, 0.717) is 45.7 Å². The number of hydrogen-bond donors (Lipinski definition) is 0. The highest BCUT2D eigenvalue weighted by molar-refractivity contribution is 7.89. The Balaban J connectivity index is 1.49. The van der Waals surface area contributed by atoms with E-state index in [0.717, 1.165) is 25.0 Å². The second-order valence-electron chi connectivity index (χ2n) is 7.93. The molecular weight excluding hydrogens is 385 g/mol. The van der Waals surface area contributed by atoms with E-state index < -0.39 is 15.8 Å². The van der Waals surface area contributed by atoms with Gasteiger partial charge in [0.05, 0.1) is 10.4 Å². The highest BCUT2D eigenvalue weighted by Gasteiger charge is 2.52. The standard InChI is InChI=1S/C19H26FN3O4S/c1-21-14-19(8-12-27-13-9-19)23(18(21)24)16-6-10-22(11-7-16)28(25,26)17-4-2-15(20)3-5-17/h2-5,16H,6-14H2,1H3. The number of nitrogens with zero attached hydrogens (tertiary/aromatic N) is 3. The van der Waals surface area contributed by atoms with Crippen molar-refractivity contribution < 1.29 is 22.3 Å². The molecule has 0 unspecified atom stereocenters. The quantitative estimate of drug-likeness (QED) is 0.762. The number of hydrogen-bond acceptors (Lipinski definition) is 4. The maximum atomic E-state index is 13.1. The van der Waals surface area contributed by atoms with E-state index in [-0.39, 0.29) is 22.5 Å². The second-order valence-corrected chi connectivity index (χ2v) is 9.87. The minimum absolute atomic E-state index is 0.0233. The summed E-state index contributed by atoms with van der Waals surface area (Å²) in [5.41, 5.74) is -0.202. The van der Waals surface area contributed by atoms with Crippen LogP contribution in [0.15, 0.2) is 29.2 Å². The average Bonchev–Trinajstić information content (AvgIpc) is 2.92. The molecule has 0 atom stereocenters. The number of carbonyl (C=O) groups is 1. The van der Waals surface area contributed by atoms with E-state index in [4.69, 9.17) is 4.74 Å². The van der Waals surface area contributed by atoms with E-state index in [2.05, 4.69) is 0 Å². The Bertz CT molecular complexity index is 831. The molecule has 3 aliphatic rings. The van der Waals surface area contributed by atoms with Crippen molar-refractivity contribution in [3.05, 3.63) is 30.1 Å². The summed E-state index contributed by atoms with van der Waals surface area (Å²) >= 11 is 0. The summed E-state index contributed by atoms with van der Waals surface area (Å²) in [6.45, 7) is 2.70. The van der Waals surface area contributed by atoms with Crippen molar-refractivity contribution in [2.24, 2.45) is 0 Å². The van der Waals surface area contributed by atoms with Crippen LogP contribution in [0.2, 0.25) is 0 Å². The number of halogens is 1. The molecule has 0 aromatic heterocycles. The normalized spacial score (nSPS) is 24.3. The van der Waals surface area contributed by atoms with Gasteiger partial charge in [0.15, 0.2) is 0 Å². The van der Waals surface area contributed by atoms with E-state index in [1.165, 1.54) is 16.4 Å². The average molecular weight is 411 g/mol. The molecule has 0 bridgehead atoms. The highest BCUT2D eigenvalue weighted by Crippen LogP contribution is 2.39. The predicted molar refractivity (Wildman–Crippen MR) is 101 cm³/mol. The van der Waals surface area contributed by atoms with Crippen molar-refractivity contribution in [3.8, 4) is 0 Å². The third kappa shape index (κ3) is 3.29. The van der Waals surface area contributed by atoms with Crippen LogP contribution in [0.4, 0.5) is 9.18 Å². The summed E-state index contributed by atoms with van der Waals surface area (Å²) in [7, 11) is -1.82. The number of piperidine rings is 1. The van der Waals surface area contributed by atoms with Gasteiger partial charge in [-0.2, -0.15) is 4.31 Å². The lowest BCUT2D eigenvalue weighted by atomic mass is 9.87. The van der Waals surface area contributed by atoms with Gasteiger partial charge in [0, 0.05) is 45.9 Å². The third-order valence-electron chi connectivity index (χ3n) is 6.24. The first-order valence-corrected chi connectivity index (χ1v) is 11.2. The van der Waals surface area contributed by atoms with Gasteiger partial charge in [-0.3, -0.25) is 0 Å². The Morgan fingerprint density at radius 2 is 1.71 bits per heavy atom. The number of ether oxygens (including phenoxy) is 1. The van der Waals surface area contributed by atoms with Gasteiger partial charge in [0.25, 0.3) is 0 Å². The van der Waals surface area contributed by atoms with Crippen molar-refractivity contribution in [1.29, 1.82) is 0 Å². The van der Waals surface area contributed by atoms with Crippen molar-refractivity contribution in [1.82, 2.24) is 14.1 Å². The molecule has 0 radical (unpaired) electrons. The molecule has 0 saturated carbocycles. The zero-order valence-electron chi connectivity index (χ0n) is 16.0. The van der Waals surface area contributed by atoms with Crippen molar-refractivity contribution in [2.75, 3.05) is 39.9 Å². The van der Waals surface area contributed by atoms with Crippen LogP contribution < -0.4 is 0 Å². The second kappa shape index (κ2) is 7.27. The fraction of sp³-hybridized carbons (Fsp3) is 0.632. The molecule has 4 rings (SSSR count). The number of sulfonamides is 1. The molecule has 28 heavy (non-hydrogen) atoms. The Labute approximate surface area is 165 Å². The Hall–Kier alpha value is -1.71. The van der Waals surface area contributed by atoms with Crippen LogP contribution in [0.5, 0.6) is 0 Å². The SMILES string of the molecule is CN1CC2(CCOCC2)N(C2CCN(S(=O)(=O)c3ccc(F)cc3)CC2)C1=O. The lowest BCUT2D eigenvalue weighted by Crippen LogP contribution is -2.57. The Morgan fingerprint density at radius 1 is 1.11 bits per heavy atom. The summed E-state index contributed by atoms with van der Waals surface area (Å²) in [6.07, 6.45) is 2.83. The summed E-state index contributed by atoms with van der Waals surface area (Å²) in [4.78, 5) is 16.7. The third-order valence-corrected chi connectivity index (χ3v) is 8.15. The number of amides is 2. The Kier molecular flexibility index (Phi) is 5.09.